The van der Waals surface area contributed by atoms with Crippen LogP contribution in [-0.2, 0) is 16.1 Å². The van der Waals surface area contributed by atoms with Crippen molar-refractivity contribution in [3.8, 4) is 17.6 Å². The molecule has 9 heteroatoms. The molecule has 0 fully saturated rings. The lowest BCUT2D eigenvalue weighted by molar-refractivity contribution is -0.136. The minimum atomic E-state index is -0.588. The monoisotopic (exact) mass is 542 g/mol. The predicted molar refractivity (Wildman–Crippen MR) is 130 cm³/mol. The van der Waals surface area contributed by atoms with Crippen molar-refractivity contribution < 1.29 is 23.5 Å². The topological polar surface area (TPSA) is 102 Å². The highest BCUT2D eigenvalue weighted by atomic mass is 79.9. The van der Waals surface area contributed by atoms with Gasteiger partial charge in [0.15, 0.2) is 6.61 Å². The van der Waals surface area contributed by atoms with Gasteiger partial charge < -0.3 is 19.2 Å². The SMILES string of the molecule is Cc1cc(OCC(=O)Oc2ccc(/C=C(\C#N)C(=O)NCc3ccco3)cc2)c(Br)c(C)c1Cl. The van der Waals surface area contributed by atoms with Crippen LogP contribution < -0.4 is 14.8 Å². The van der Waals surface area contributed by atoms with E-state index in [1.807, 2.05) is 19.9 Å². The summed E-state index contributed by atoms with van der Waals surface area (Å²) in [6.07, 6.45) is 2.94. The van der Waals surface area contributed by atoms with E-state index in [2.05, 4.69) is 21.2 Å². The van der Waals surface area contributed by atoms with Crippen LogP contribution in [0.1, 0.15) is 22.5 Å². The Hall–Kier alpha value is -3.54. The van der Waals surface area contributed by atoms with E-state index in [1.165, 1.54) is 12.3 Å². The second kappa shape index (κ2) is 11.5. The van der Waals surface area contributed by atoms with Gasteiger partial charge in [-0.2, -0.15) is 5.26 Å². The molecule has 1 N–H and O–H groups in total. The van der Waals surface area contributed by atoms with E-state index in [1.54, 1.807) is 42.5 Å². The van der Waals surface area contributed by atoms with Gasteiger partial charge in [0.05, 0.1) is 17.3 Å². The van der Waals surface area contributed by atoms with Gasteiger partial charge in [0, 0.05) is 5.02 Å². The normalized spacial score (nSPS) is 11.0. The highest BCUT2D eigenvalue weighted by Gasteiger charge is 2.14. The number of amides is 1. The number of benzene rings is 2. The number of nitrogens with zero attached hydrogens (tertiary/aromatic N) is 1. The number of hydrogen-bond donors (Lipinski definition) is 1. The molecule has 0 unspecified atom stereocenters. The maximum Gasteiger partial charge on any atom is 0.349 e. The quantitative estimate of drug-likeness (QED) is 0.174. The first-order valence-corrected chi connectivity index (χ1v) is 11.3. The fourth-order valence-corrected chi connectivity index (χ4v) is 3.62. The Morgan fingerprint density at radius 2 is 1.97 bits per heavy atom. The van der Waals surface area contributed by atoms with E-state index >= 15 is 0 Å². The fraction of sp³-hybridized carbons (Fsp3) is 0.160. The molecule has 0 atom stereocenters. The molecule has 3 rings (SSSR count). The molecule has 0 saturated carbocycles. The third-order valence-corrected chi connectivity index (χ3v) is 6.27. The van der Waals surface area contributed by atoms with E-state index in [4.69, 9.17) is 25.5 Å². The van der Waals surface area contributed by atoms with E-state index < -0.39 is 11.9 Å². The van der Waals surface area contributed by atoms with Crippen LogP contribution in [0.25, 0.3) is 6.08 Å². The Bertz CT molecular complexity index is 1260. The maximum absolute atomic E-state index is 12.2. The van der Waals surface area contributed by atoms with Gasteiger partial charge in [0.25, 0.3) is 5.91 Å². The lowest BCUT2D eigenvalue weighted by Gasteiger charge is -2.13. The van der Waals surface area contributed by atoms with Crippen LogP contribution in [0.2, 0.25) is 5.02 Å². The first-order chi connectivity index (χ1) is 16.3. The maximum atomic E-state index is 12.2. The van der Waals surface area contributed by atoms with E-state index in [0.29, 0.717) is 32.3 Å². The Labute approximate surface area is 210 Å². The summed E-state index contributed by atoms with van der Waals surface area (Å²) in [5.41, 5.74) is 2.18. The number of esters is 1. The minimum Gasteiger partial charge on any atom is -0.481 e. The zero-order valence-corrected chi connectivity index (χ0v) is 20.7. The molecule has 0 spiro atoms. The number of ether oxygens (including phenoxy) is 2. The van der Waals surface area contributed by atoms with Crippen molar-refractivity contribution in [2.45, 2.75) is 20.4 Å². The number of nitriles is 1. The summed E-state index contributed by atoms with van der Waals surface area (Å²) in [6.45, 7) is 3.58. The number of aryl methyl sites for hydroxylation is 1. The summed E-state index contributed by atoms with van der Waals surface area (Å²) in [4.78, 5) is 24.4. The minimum absolute atomic E-state index is 0.0659. The van der Waals surface area contributed by atoms with Gasteiger partial charge in [0.2, 0.25) is 0 Å². The summed E-state index contributed by atoms with van der Waals surface area (Å²) >= 11 is 9.63. The standard InChI is InChI=1S/C25H20BrClN2O5/c1-15-10-21(23(26)16(2)24(15)27)33-14-22(30)34-19-7-5-17(6-8-19)11-18(12-28)25(31)29-13-20-4-3-9-32-20/h3-11H,13-14H2,1-2H3,(H,29,31)/b18-11+. The van der Waals surface area contributed by atoms with Gasteiger partial charge >= 0.3 is 5.97 Å². The van der Waals surface area contributed by atoms with Gasteiger partial charge in [-0.3, -0.25) is 4.79 Å². The summed E-state index contributed by atoms with van der Waals surface area (Å²) in [5.74, 6) is 0.260. The van der Waals surface area contributed by atoms with E-state index in [-0.39, 0.29) is 18.7 Å². The van der Waals surface area contributed by atoms with E-state index in [0.717, 1.165) is 11.1 Å². The van der Waals surface area contributed by atoms with Gasteiger partial charge in [-0.1, -0.05) is 23.7 Å². The molecular formula is C25H20BrClN2O5. The zero-order valence-electron chi connectivity index (χ0n) is 18.4. The summed E-state index contributed by atoms with van der Waals surface area (Å²) in [6, 6.07) is 13.4. The first-order valence-electron chi connectivity index (χ1n) is 10.1. The van der Waals surface area contributed by atoms with Crippen molar-refractivity contribution in [1.82, 2.24) is 5.32 Å². The van der Waals surface area contributed by atoms with Gasteiger partial charge in [0.1, 0.15) is 28.9 Å². The van der Waals surface area contributed by atoms with Crippen molar-refractivity contribution in [1.29, 1.82) is 5.26 Å². The fourth-order valence-electron chi connectivity index (χ4n) is 2.93. The first kappa shape index (κ1) is 25.1. The summed E-state index contributed by atoms with van der Waals surface area (Å²) in [5, 5.41) is 12.6. The Morgan fingerprint density at radius 1 is 1.24 bits per heavy atom. The smallest absolute Gasteiger partial charge is 0.349 e. The average Bonchev–Trinajstić information content (AvgIpc) is 3.36. The molecule has 0 saturated heterocycles. The van der Waals surface area contributed by atoms with Crippen LogP contribution in [0, 0.1) is 25.2 Å². The van der Waals surface area contributed by atoms with Crippen molar-refractivity contribution >= 4 is 45.5 Å². The number of carbonyl (C=O) groups excluding carboxylic acids is 2. The predicted octanol–water partition coefficient (Wildman–Crippen LogP) is 5.52. The van der Waals surface area contributed by atoms with Crippen LogP contribution in [0.4, 0.5) is 0 Å². The molecule has 1 heterocycles. The Kier molecular flexibility index (Phi) is 8.52. The zero-order chi connectivity index (χ0) is 24.7. The molecule has 0 aliphatic rings. The second-order valence-corrected chi connectivity index (χ2v) is 8.38. The van der Waals surface area contributed by atoms with Crippen LogP contribution in [-0.4, -0.2) is 18.5 Å². The molecule has 7 nitrogen and oxygen atoms in total. The van der Waals surface area contributed by atoms with Crippen LogP contribution in [0.3, 0.4) is 0 Å². The molecule has 3 aromatic rings. The van der Waals surface area contributed by atoms with Crippen LogP contribution in [0.15, 0.2) is 63.2 Å². The molecule has 34 heavy (non-hydrogen) atoms. The number of halogens is 2. The third-order valence-electron chi connectivity index (χ3n) is 4.71. The molecule has 2 aromatic carbocycles. The van der Waals surface area contributed by atoms with Crippen molar-refractivity contribution in [2.75, 3.05) is 6.61 Å². The molecule has 0 radical (unpaired) electrons. The third kappa shape index (κ3) is 6.50. The van der Waals surface area contributed by atoms with Crippen LogP contribution >= 0.6 is 27.5 Å². The second-order valence-electron chi connectivity index (χ2n) is 7.21. The number of rotatable bonds is 8. The number of nitrogens with one attached hydrogen (secondary N) is 1. The van der Waals surface area contributed by atoms with Crippen molar-refractivity contribution in [2.24, 2.45) is 0 Å². The number of carbonyl (C=O) groups is 2. The lowest BCUT2D eigenvalue weighted by Crippen LogP contribution is -2.23. The Balaban J connectivity index is 1.57. The molecule has 174 valence electrons. The van der Waals surface area contributed by atoms with Gasteiger partial charge in [-0.25, -0.2) is 4.79 Å². The number of hydrogen-bond acceptors (Lipinski definition) is 6. The highest BCUT2D eigenvalue weighted by Crippen LogP contribution is 2.35. The molecule has 0 aliphatic heterocycles. The van der Waals surface area contributed by atoms with Crippen molar-refractivity contribution in [3.05, 3.63) is 86.2 Å². The lowest BCUT2D eigenvalue weighted by atomic mass is 10.1. The highest BCUT2D eigenvalue weighted by molar-refractivity contribution is 9.10. The summed E-state index contributed by atoms with van der Waals surface area (Å²) in [7, 11) is 0. The molecule has 1 amide bonds. The molecule has 0 aliphatic carbocycles. The summed E-state index contributed by atoms with van der Waals surface area (Å²) < 4.78 is 16.7. The largest absolute Gasteiger partial charge is 0.481 e. The Morgan fingerprint density at radius 3 is 2.62 bits per heavy atom. The van der Waals surface area contributed by atoms with Gasteiger partial charge in [-0.15, -0.1) is 0 Å². The molecule has 1 aromatic heterocycles. The van der Waals surface area contributed by atoms with E-state index in [9.17, 15) is 14.9 Å². The number of furan rings is 1. The van der Waals surface area contributed by atoms with Gasteiger partial charge in [-0.05, 0) is 82.9 Å². The van der Waals surface area contributed by atoms with Crippen LogP contribution in [0.5, 0.6) is 11.5 Å². The molecule has 0 bridgehead atoms. The van der Waals surface area contributed by atoms with Crippen molar-refractivity contribution in [3.63, 3.8) is 0 Å². The molecular weight excluding hydrogens is 524 g/mol. The average molecular weight is 544 g/mol.